The number of benzene rings is 6. The highest BCUT2D eigenvalue weighted by Crippen LogP contribution is 2.35. The summed E-state index contributed by atoms with van der Waals surface area (Å²) in [5, 5.41) is 3.20. The van der Waals surface area contributed by atoms with Crippen molar-refractivity contribution in [2.45, 2.75) is 235 Å². The lowest BCUT2D eigenvalue weighted by Crippen LogP contribution is -2.49. The number of piperidine rings is 3. The van der Waals surface area contributed by atoms with Gasteiger partial charge in [-0.15, -0.1) is 0 Å². The third-order valence-corrected chi connectivity index (χ3v) is 22.2. The van der Waals surface area contributed by atoms with Gasteiger partial charge in [-0.2, -0.15) is 0 Å². The van der Waals surface area contributed by atoms with Gasteiger partial charge in [-0.05, 0) is 215 Å². The molecule has 2 aliphatic carbocycles. The summed E-state index contributed by atoms with van der Waals surface area (Å²) in [6, 6.07) is 63.1. The average molecular weight is 1390 g/mol. The van der Waals surface area contributed by atoms with Crippen LogP contribution < -0.4 is 24.9 Å². The van der Waals surface area contributed by atoms with Crippen molar-refractivity contribution in [1.29, 1.82) is 0 Å². The molecule has 7 unspecified atom stereocenters. The van der Waals surface area contributed by atoms with Crippen molar-refractivity contribution < 1.29 is 24.0 Å². The van der Waals surface area contributed by atoms with E-state index in [1.807, 2.05) is 144 Å². The van der Waals surface area contributed by atoms with Gasteiger partial charge in [-0.1, -0.05) is 207 Å². The third kappa shape index (κ3) is 26.8. The summed E-state index contributed by atoms with van der Waals surface area (Å²) in [6.07, 6.45) is 24.5. The molecule has 6 aromatic rings. The fourth-order valence-corrected chi connectivity index (χ4v) is 16.0. The number of ketones is 1. The Labute approximate surface area is 617 Å². The SMILES string of the molecule is C.CC(=O)C1CCCNC1.CCC(=O)N(c1ccccc1)C(C)C1CCCCC1.CCC(=O)N(c1ccccc1)C(C)C1CCCCC1.CCC(=O)N(c1ccccc1)C(C)C1CCCN(CCc2ccccc2)C1.CCC(=O)N(c1ccccc1)C(C)C1CCCN(CCc2ccccc2)C1. The van der Waals surface area contributed by atoms with Gasteiger partial charge in [0, 0.05) is 111 Å². The number of hydrogen-bond donors (Lipinski definition) is 1. The molecule has 0 aromatic heterocycles. The zero-order valence-corrected chi connectivity index (χ0v) is 63.5. The molecule has 4 amide bonds. The Morgan fingerprint density at radius 2 is 0.647 bits per heavy atom. The lowest BCUT2D eigenvalue weighted by atomic mass is 9.83. The molecule has 3 aliphatic heterocycles. The molecule has 0 radical (unpaired) electrons. The predicted molar refractivity (Wildman–Crippen MR) is 429 cm³/mol. The molecule has 102 heavy (non-hydrogen) atoms. The standard InChI is InChI=1S/2C24H32N2O.2C17H25NO.C7H13NO.CH4/c2*1-3-24(27)26(23-14-8-5-9-15-23)20(2)22-13-10-17-25(19-22)18-16-21-11-6-4-7-12-21;2*1-3-17(19)18(16-12-8-5-9-13-16)14(2)15-10-6-4-7-11-15;1-6(9)7-3-2-4-8-5-7;/h2*4-9,11-12,14-15,20,22H,3,10,13,16-19H2,1-2H3;2*5,8-9,12-15H,3-4,6-7,10-11H2,1-2H3;7-8H,2-5H2,1H3;1H4. The van der Waals surface area contributed by atoms with Gasteiger partial charge < -0.3 is 34.7 Å². The van der Waals surface area contributed by atoms with Crippen LogP contribution in [0.25, 0.3) is 0 Å². The topological polar surface area (TPSA) is 117 Å². The van der Waals surface area contributed by atoms with Crippen LogP contribution in [-0.2, 0) is 36.8 Å². The van der Waals surface area contributed by atoms with Crippen molar-refractivity contribution in [3.8, 4) is 0 Å². The van der Waals surface area contributed by atoms with Gasteiger partial charge in [0.1, 0.15) is 5.78 Å². The lowest BCUT2D eigenvalue weighted by Gasteiger charge is -2.40. The molecule has 0 spiro atoms. The molecule has 7 atom stereocenters. The van der Waals surface area contributed by atoms with Crippen LogP contribution in [-0.4, -0.2) is 116 Å². The number of rotatable bonds is 23. The number of anilines is 4. The zero-order chi connectivity index (χ0) is 72.1. The Hall–Kier alpha value is -7.25. The fraction of sp³-hybridized carbons (Fsp3) is 0.544. The van der Waals surface area contributed by atoms with E-state index in [0.717, 1.165) is 87.7 Å². The number of carbonyl (C=O) groups is 5. The maximum atomic E-state index is 12.7. The van der Waals surface area contributed by atoms with Crippen LogP contribution in [0.3, 0.4) is 0 Å². The number of carbonyl (C=O) groups excluding carboxylic acids is 5. The summed E-state index contributed by atoms with van der Waals surface area (Å²) < 4.78 is 0. The van der Waals surface area contributed by atoms with Crippen molar-refractivity contribution in [1.82, 2.24) is 15.1 Å². The number of nitrogens with zero attached hydrogens (tertiary/aromatic N) is 6. The highest BCUT2D eigenvalue weighted by atomic mass is 16.2. The van der Waals surface area contributed by atoms with E-state index in [1.54, 1.807) is 6.92 Å². The summed E-state index contributed by atoms with van der Waals surface area (Å²) in [6.45, 7) is 27.1. The van der Waals surface area contributed by atoms with Gasteiger partial charge in [0.25, 0.3) is 0 Å². The molecular weight excluding hydrogens is 1260 g/mol. The van der Waals surface area contributed by atoms with Crippen LogP contribution in [0, 0.1) is 29.6 Å². The lowest BCUT2D eigenvalue weighted by molar-refractivity contribution is -0.121. The van der Waals surface area contributed by atoms with Crippen molar-refractivity contribution in [2.24, 2.45) is 29.6 Å². The Kier molecular flexibility index (Phi) is 38.1. The van der Waals surface area contributed by atoms with Crippen molar-refractivity contribution in [3.05, 3.63) is 193 Å². The number of hydrogen-bond acceptors (Lipinski definition) is 8. The van der Waals surface area contributed by atoms with Gasteiger partial charge in [0.2, 0.25) is 23.6 Å². The van der Waals surface area contributed by atoms with Crippen LogP contribution in [0.5, 0.6) is 0 Å². The van der Waals surface area contributed by atoms with Crippen LogP contribution in [0.15, 0.2) is 182 Å². The molecule has 5 fully saturated rings. The smallest absolute Gasteiger partial charge is 0.226 e. The van der Waals surface area contributed by atoms with Crippen LogP contribution >= 0.6 is 0 Å². The van der Waals surface area contributed by atoms with E-state index in [4.69, 9.17) is 0 Å². The maximum absolute atomic E-state index is 12.7. The molecular formula is C90H131N7O5. The number of para-hydroxylation sites is 4. The summed E-state index contributed by atoms with van der Waals surface area (Å²) in [5.41, 5.74) is 6.95. The minimum Gasteiger partial charge on any atom is -0.316 e. The third-order valence-electron chi connectivity index (χ3n) is 22.2. The Balaban J connectivity index is 0.000000207. The minimum atomic E-state index is 0. The summed E-state index contributed by atoms with van der Waals surface area (Å²) in [7, 11) is 0. The molecule has 1 N–H and O–H groups in total. The van der Waals surface area contributed by atoms with Gasteiger partial charge in [0.15, 0.2) is 0 Å². The van der Waals surface area contributed by atoms with Crippen molar-refractivity contribution in [3.63, 3.8) is 0 Å². The summed E-state index contributed by atoms with van der Waals surface area (Å²) in [4.78, 5) is 74.1. The molecule has 12 heteroatoms. The van der Waals surface area contributed by atoms with E-state index < -0.39 is 0 Å². The second-order valence-electron chi connectivity index (χ2n) is 29.1. The highest BCUT2D eigenvalue weighted by molar-refractivity contribution is 5.95. The predicted octanol–water partition coefficient (Wildman–Crippen LogP) is 19.6. The second kappa shape index (κ2) is 46.5. The van der Waals surface area contributed by atoms with Gasteiger partial charge >= 0.3 is 0 Å². The maximum Gasteiger partial charge on any atom is 0.226 e. The van der Waals surface area contributed by atoms with E-state index in [-0.39, 0.29) is 43.1 Å². The second-order valence-corrected chi connectivity index (χ2v) is 29.1. The van der Waals surface area contributed by atoms with Crippen molar-refractivity contribution in [2.75, 3.05) is 72.0 Å². The Morgan fingerprint density at radius 1 is 0.373 bits per heavy atom. The summed E-state index contributed by atoms with van der Waals surface area (Å²) in [5.74, 6) is 3.91. The minimum absolute atomic E-state index is 0. The molecule has 0 bridgehead atoms. The average Bonchev–Trinajstić information content (AvgIpc) is 0.844. The number of Topliss-reactive ketones (excluding diaryl/α,β-unsaturated/α-hetero) is 1. The molecule has 5 aliphatic rings. The van der Waals surface area contributed by atoms with Gasteiger partial charge in [0.05, 0.1) is 0 Å². The molecule has 3 saturated heterocycles. The van der Waals surface area contributed by atoms with Crippen molar-refractivity contribution >= 4 is 52.2 Å². The summed E-state index contributed by atoms with van der Waals surface area (Å²) >= 11 is 0. The monoisotopic (exact) mass is 1390 g/mol. The normalized spacial score (nSPS) is 19.1. The molecule has 2 saturated carbocycles. The Morgan fingerprint density at radius 3 is 0.902 bits per heavy atom. The first-order valence-corrected chi connectivity index (χ1v) is 39.4. The fourth-order valence-electron chi connectivity index (χ4n) is 16.0. The quantitative estimate of drug-likeness (QED) is 0.0674. The van der Waals surface area contributed by atoms with E-state index in [9.17, 15) is 24.0 Å². The number of nitrogens with one attached hydrogen (secondary N) is 1. The molecule has 556 valence electrons. The molecule has 6 aromatic carbocycles. The Bertz CT molecular complexity index is 3050. The first-order valence-electron chi connectivity index (χ1n) is 39.4. The van der Waals surface area contributed by atoms with Gasteiger partial charge in [-0.25, -0.2) is 0 Å². The highest BCUT2D eigenvalue weighted by Gasteiger charge is 2.34. The van der Waals surface area contributed by atoms with E-state index in [2.05, 4.69) is 128 Å². The molecule has 3 heterocycles. The van der Waals surface area contributed by atoms with Crippen LogP contribution in [0.2, 0.25) is 0 Å². The van der Waals surface area contributed by atoms with E-state index in [1.165, 1.54) is 114 Å². The van der Waals surface area contributed by atoms with Gasteiger partial charge in [-0.3, -0.25) is 24.0 Å². The van der Waals surface area contributed by atoms with Crippen LogP contribution in [0.4, 0.5) is 22.7 Å². The number of likely N-dealkylation sites (tertiary alicyclic amines) is 2. The molecule has 12 nitrogen and oxygen atoms in total. The van der Waals surface area contributed by atoms with E-state index >= 15 is 0 Å². The first kappa shape index (κ1) is 83.7. The first-order chi connectivity index (χ1) is 49.1. The van der Waals surface area contributed by atoms with Crippen LogP contribution in [0.1, 0.15) is 209 Å². The zero-order valence-electron chi connectivity index (χ0n) is 63.5. The molecule has 11 rings (SSSR count). The largest absolute Gasteiger partial charge is 0.316 e. The van der Waals surface area contributed by atoms with E-state index in [0.29, 0.717) is 73.1 Å². The number of amides is 4.